The first-order chi connectivity index (χ1) is 27.1. The maximum atomic E-state index is 2.43. The number of anilines is 3. The van der Waals surface area contributed by atoms with Crippen molar-refractivity contribution in [3.63, 3.8) is 0 Å². The van der Waals surface area contributed by atoms with Gasteiger partial charge in [-0.1, -0.05) is 175 Å². The lowest BCUT2D eigenvalue weighted by Crippen LogP contribution is -2.13. The molecule has 55 heavy (non-hydrogen) atoms. The fourth-order valence-electron chi connectivity index (χ4n) is 7.65. The summed E-state index contributed by atoms with van der Waals surface area (Å²) in [7, 11) is 0. The summed E-state index contributed by atoms with van der Waals surface area (Å²) in [5.41, 5.74) is 18.5. The number of allylic oxidation sites excluding steroid dienone is 2. The van der Waals surface area contributed by atoms with Crippen molar-refractivity contribution in [2.45, 2.75) is 39.5 Å². The van der Waals surface area contributed by atoms with Crippen molar-refractivity contribution in [3.05, 3.63) is 244 Å². The van der Waals surface area contributed by atoms with Crippen molar-refractivity contribution in [3.8, 4) is 0 Å². The minimum atomic E-state index is 1.13. The molecule has 0 bridgehead atoms. The zero-order chi connectivity index (χ0) is 37.4. The van der Waals surface area contributed by atoms with Gasteiger partial charge in [-0.15, -0.1) is 0 Å². The van der Waals surface area contributed by atoms with Crippen LogP contribution >= 0.6 is 0 Å². The molecule has 7 aromatic carbocycles. The molecule has 1 aliphatic carbocycles. The normalized spacial score (nSPS) is 12.2. The van der Waals surface area contributed by atoms with Gasteiger partial charge in [-0.3, -0.25) is 0 Å². The molecule has 1 nitrogen and oxygen atoms in total. The first-order valence-corrected chi connectivity index (χ1v) is 19.6. The van der Waals surface area contributed by atoms with Crippen molar-refractivity contribution in [1.29, 1.82) is 0 Å². The molecule has 8 rings (SSSR count). The van der Waals surface area contributed by atoms with Gasteiger partial charge in [-0.05, 0) is 132 Å². The maximum Gasteiger partial charge on any atom is 0.0533 e. The molecule has 0 aromatic heterocycles. The SMILES string of the molecule is Cc1ccc(C(=Cc2ccc(N(c3ccc4c(c3)CCCC4)c3ccccc3C=CC=C(c3ccccc3)c3ccccc3)cc2)c2ccc(C)cc2)cc1. The third kappa shape index (κ3) is 8.38. The summed E-state index contributed by atoms with van der Waals surface area (Å²) in [5, 5.41) is 0. The lowest BCUT2D eigenvalue weighted by atomic mass is 9.91. The molecule has 0 fully saturated rings. The summed E-state index contributed by atoms with van der Waals surface area (Å²) in [6.07, 6.45) is 13.8. The highest BCUT2D eigenvalue weighted by Crippen LogP contribution is 2.39. The molecule has 0 amide bonds. The molecule has 1 aliphatic rings. The lowest BCUT2D eigenvalue weighted by Gasteiger charge is -2.29. The van der Waals surface area contributed by atoms with Crippen LogP contribution in [0.5, 0.6) is 0 Å². The molecule has 0 atom stereocenters. The molecule has 0 saturated carbocycles. The maximum absolute atomic E-state index is 2.43. The number of fused-ring (bicyclic) bond motifs is 1. The molecule has 0 radical (unpaired) electrons. The Morgan fingerprint density at radius 2 is 1.00 bits per heavy atom. The van der Waals surface area contributed by atoms with Crippen molar-refractivity contribution < 1.29 is 0 Å². The number of hydrogen-bond donors (Lipinski definition) is 0. The van der Waals surface area contributed by atoms with Gasteiger partial charge in [0, 0.05) is 11.4 Å². The first-order valence-electron chi connectivity index (χ1n) is 19.6. The van der Waals surface area contributed by atoms with Crippen LogP contribution in [0.15, 0.2) is 188 Å². The second kappa shape index (κ2) is 16.7. The molecule has 0 spiro atoms. The fraction of sp³-hybridized carbons (Fsp3) is 0.111. The molecule has 0 unspecified atom stereocenters. The van der Waals surface area contributed by atoms with Crippen LogP contribution in [0.3, 0.4) is 0 Å². The van der Waals surface area contributed by atoms with Gasteiger partial charge in [-0.25, -0.2) is 0 Å². The van der Waals surface area contributed by atoms with Crippen LogP contribution in [0.1, 0.15) is 68.5 Å². The van der Waals surface area contributed by atoms with E-state index in [0.717, 1.165) is 35.3 Å². The Morgan fingerprint density at radius 3 is 1.62 bits per heavy atom. The Labute approximate surface area is 327 Å². The zero-order valence-electron chi connectivity index (χ0n) is 31.8. The Hall–Kier alpha value is -6.44. The lowest BCUT2D eigenvalue weighted by molar-refractivity contribution is 0.685. The summed E-state index contributed by atoms with van der Waals surface area (Å²) in [5.74, 6) is 0. The number of aryl methyl sites for hydroxylation is 4. The summed E-state index contributed by atoms with van der Waals surface area (Å²) in [4.78, 5) is 2.43. The summed E-state index contributed by atoms with van der Waals surface area (Å²) in [6.45, 7) is 4.28. The molecule has 0 heterocycles. The minimum absolute atomic E-state index is 1.13. The number of para-hydroxylation sites is 1. The summed E-state index contributed by atoms with van der Waals surface area (Å²) >= 11 is 0. The third-order valence-corrected chi connectivity index (χ3v) is 10.7. The summed E-state index contributed by atoms with van der Waals surface area (Å²) in [6, 6.07) is 63.9. The van der Waals surface area contributed by atoms with Crippen LogP contribution in [-0.4, -0.2) is 0 Å². The van der Waals surface area contributed by atoms with Gasteiger partial charge in [0.25, 0.3) is 0 Å². The predicted molar refractivity (Wildman–Crippen MR) is 236 cm³/mol. The molecular formula is C54H47N. The highest BCUT2D eigenvalue weighted by Gasteiger charge is 2.18. The second-order valence-corrected chi connectivity index (χ2v) is 14.6. The van der Waals surface area contributed by atoms with E-state index in [1.165, 1.54) is 74.2 Å². The van der Waals surface area contributed by atoms with Crippen molar-refractivity contribution in [1.82, 2.24) is 0 Å². The van der Waals surface area contributed by atoms with Crippen LogP contribution in [0, 0.1) is 13.8 Å². The largest absolute Gasteiger partial charge is 0.310 e. The quantitative estimate of drug-likeness (QED) is 0.101. The molecule has 268 valence electrons. The van der Waals surface area contributed by atoms with Crippen molar-refractivity contribution in [2.24, 2.45) is 0 Å². The molecule has 0 saturated heterocycles. The highest BCUT2D eigenvalue weighted by molar-refractivity contribution is 5.92. The van der Waals surface area contributed by atoms with Crippen LogP contribution in [0.4, 0.5) is 17.1 Å². The Morgan fingerprint density at radius 1 is 0.473 bits per heavy atom. The molecule has 0 N–H and O–H groups in total. The number of nitrogens with zero attached hydrogens (tertiary/aromatic N) is 1. The topological polar surface area (TPSA) is 3.24 Å². The minimum Gasteiger partial charge on any atom is -0.310 e. The van der Waals surface area contributed by atoms with Crippen molar-refractivity contribution >= 4 is 40.4 Å². The molecule has 0 aliphatic heterocycles. The van der Waals surface area contributed by atoms with Gasteiger partial charge < -0.3 is 4.90 Å². The van der Waals surface area contributed by atoms with Gasteiger partial charge in [-0.2, -0.15) is 0 Å². The van der Waals surface area contributed by atoms with E-state index in [4.69, 9.17) is 0 Å². The third-order valence-electron chi connectivity index (χ3n) is 10.7. The average molecular weight is 710 g/mol. The van der Waals surface area contributed by atoms with E-state index in [1.54, 1.807) is 0 Å². The number of benzene rings is 7. The Kier molecular flexibility index (Phi) is 10.8. The monoisotopic (exact) mass is 709 g/mol. The van der Waals surface area contributed by atoms with E-state index in [2.05, 4.69) is 219 Å². The van der Waals surface area contributed by atoms with Crippen LogP contribution in [0.25, 0.3) is 23.3 Å². The van der Waals surface area contributed by atoms with Gasteiger partial charge >= 0.3 is 0 Å². The number of hydrogen-bond acceptors (Lipinski definition) is 1. The van der Waals surface area contributed by atoms with E-state index in [-0.39, 0.29) is 0 Å². The Balaban J connectivity index is 1.20. The van der Waals surface area contributed by atoms with Gasteiger partial charge in [0.1, 0.15) is 0 Å². The van der Waals surface area contributed by atoms with Gasteiger partial charge in [0.05, 0.1) is 5.69 Å². The van der Waals surface area contributed by atoms with E-state index in [9.17, 15) is 0 Å². The fourth-order valence-corrected chi connectivity index (χ4v) is 7.65. The smallest absolute Gasteiger partial charge is 0.0533 e. The van der Waals surface area contributed by atoms with E-state index in [1.807, 2.05) is 0 Å². The highest BCUT2D eigenvalue weighted by atomic mass is 15.1. The average Bonchev–Trinajstić information content (AvgIpc) is 3.24. The van der Waals surface area contributed by atoms with Crippen LogP contribution < -0.4 is 4.90 Å². The van der Waals surface area contributed by atoms with E-state index < -0.39 is 0 Å². The molecular weight excluding hydrogens is 663 g/mol. The molecule has 1 heteroatoms. The van der Waals surface area contributed by atoms with E-state index >= 15 is 0 Å². The zero-order valence-corrected chi connectivity index (χ0v) is 31.8. The van der Waals surface area contributed by atoms with E-state index in [0.29, 0.717) is 0 Å². The number of rotatable bonds is 10. The second-order valence-electron chi connectivity index (χ2n) is 14.6. The first kappa shape index (κ1) is 35.6. The van der Waals surface area contributed by atoms with Gasteiger partial charge in [0.2, 0.25) is 0 Å². The van der Waals surface area contributed by atoms with Crippen LogP contribution in [0.2, 0.25) is 0 Å². The Bertz CT molecular complexity index is 2360. The predicted octanol–water partition coefficient (Wildman–Crippen LogP) is 14.4. The standard InChI is InChI=1S/C54H47N/c1-40-24-30-46(31-25-40)53(47-32-26-41(2)27-33-47)38-42-28-35-50(36-29-42)55(51-37-34-43-14-9-10-20-49(43)39-51)54-23-12-11-19-48(54)21-13-22-52(44-15-5-3-6-16-44)45-17-7-4-8-18-45/h3-8,11-13,15-19,21-39H,9-10,14,20H2,1-2H3. The molecule has 7 aromatic rings. The summed E-state index contributed by atoms with van der Waals surface area (Å²) < 4.78 is 0. The van der Waals surface area contributed by atoms with Crippen LogP contribution in [-0.2, 0) is 12.8 Å². The van der Waals surface area contributed by atoms with Crippen molar-refractivity contribution in [2.75, 3.05) is 4.90 Å². The van der Waals surface area contributed by atoms with Gasteiger partial charge in [0.15, 0.2) is 0 Å².